The molecule has 0 bridgehead atoms. The molecule has 0 amide bonds. The fourth-order valence-electron chi connectivity index (χ4n) is 2.13. The molecule has 0 aromatic heterocycles. The van der Waals surface area contributed by atoms with Gasteiger partial charge in [0, 0.05) is 5.54 Å². The number of nitriles is 1. The van der Waals surface area contributed by atoms with Gasteiger partial charge in [-0.05, 0) is 19.8 Å². The molecule has 2 atom stereocenters. The van der Waals surface area contributed by atoms with E-state index in [1.165, 1.54) is 19.3 Å². The van der Waals surface area contributed by atoms with Crippen LogP contribution in [0.2, 0.25) is 0 Å². The van der Waals surface area contributed by atoms with Crippen molar-refractivity contribution in [3.63, 3.8) is 0 Å². The van der Waals surface area contributed by atoms with Gasteiger partial charge in [-0.25, -0.2) is 0 Å². The van der Waals surface area contributed by atoms with Gasteiger partial charge in [0.05, 0.1) is 6.07 Å². The standard InChI is InChI=1S/C8H12N2/c1-7-4-2-3-5-8(7,6-9)10-7/h10H,2-5H2,1H3. The molecule has 2 rings (SSSR count). The third kappa shape index (κ3) is 0.518. The van der Waals surface area contributed by atoms with E-state index in [9.17, 15) is 0 Å². The van der Waals surface area contributed by atoms with Crippen LogP contribution >= 0.6 is 0 Å². The lowest BCUT2D eigenvalue weighted by Crippen LogP contribution is -2.25. The first-order valence-corrected chi connectivity index (χ1v) is 3.93. The Morgan fingerprint density at radius 3 is 2.60 bits per heavy atom. The van der Waals surface area contributed by atoms with E-state index in [1.54, 1.807) is 0 Å². The summed E-state index contributed by atoms with van der Waals surface area (Å²) < 4.78 is 0. The first-order valence-electron chi connectivity index (χ1n) is 3.93. The maximum atomic E-state index is 8.84. The van der Waals surface area contributed by atoms with Crippen molar-refractivity contribution >= 4 is 0 Å². The van der Waals surface area contributed by atoms with Crippen LogP contribution < -0.4 is 5.32 Å². The first kappa shape index (κ1) is 6.18. The number of hydrogen-bond acceptors (Lipinski definition) is 2. The minimum atomic E-state index is -0.120. The molecule has 1 heterocycles. The van der Waals surface area contributed by atoms with E-state index >= 15 is 0 Å². The third-order valence-electron chi connectivity index (χ3n) is 3.04. The first-order chi connectivity index (χ1) is 4.72. The molecule has 2 heteroatoms. The zero-order valence-corrected chi connectivity index (χ0v) is 6.28. The van der Waals surface area contributed by atoms with E-state index in [-0.39, 0.29) is 11.1 Å². The van der Waals surface area contributed by atoms with Crippen molar-refractivity contribution in [2.75, 3.05) is 0 Å². The van der Waals surface area contributed by atoms with Gasteiger partial charge in [0.15, 0.2) is 0 Å². The van der Waals surface area contributed by atoms with Gasteiger partial charge in [0.1, 0.15) is 5.54 Å². The predicted molar refractivity (Wildman–Crippen MR) is 38.4 cm³/mol. The van der Waals surface area contributed by atoms with Crippen LogP contribution in [0.25, 0.3) is 0 Å². The van der Waals surface area contributed by atoms with Gasteiger partial charge in [-0.2, -0.15) is 5.26 Å². The van der Waals surface area contributed by atoms with E-state index in [0.29, 0.717) is 0 Å². The number of nitrogens with zero attached hydrogens (tertiary/aromatic N) is 1. The molecule has 1 aliphatic heterocycles. The second-order valence-electron chi connectivity index (χ2n) is 3.68. The highest BCUT2D eigenvalue weighted by Gasteiger charge is 2.65. The number of rotatable bonds is 0. The quantitative estimate of drug-likeness (QED) is 0.508. The Labute approximate surface area is 61.2 Å². The molecule has 2 fully saturated rings. The van der Waals surface area contributed by atoms with Crippen LogP contribution in [0, 0.1) is 11.3 Å². The second kappa shape index (κ2) is 1.54. The van der Waals surface area contributed by atoms with E-state index in [1.807, 2.05) is 0 Å². The highest BCUT2D eigenvalue weighted by atomic mass is 15.3. The summed E-state index contributed by atoms with van der Waals surface area (Å²) >= 11 is 0. The second-order valence-corrected chi connectivity index (χ2v) is 3.68. The van der Waals surface area contributed by atoms with E-state index < -0.39 is 0 Å². The van der Waals surface area contributed by atoms with Crippen molar-refractivity contribution in [2.45, 2.75) is 43.7 Å². The lowest BCUT2D eigenvalue weighted by atomic mass is 9.81. The summed E-state index contributed by atoms with van der Waals surface area (Å²) in [5.41, 5.74) is 0.0608. The maximum Gasteiger partial charge on any atom is 0.125 e. The molecule has 2 unspecified atom stereocenters. The largest absolute Gasteiger partial charge is 0.290 e. The average molecular weight is 136 g/mol. The molecule has 2 nitrogen and oxygen atoms in total. The molecule has 0 aromatic rings. The normalized spacial score (nSPS) is 51.2. The minimum Gasteiger partial charge on any atom is -0.290 e. The molecule has 54 valence electrons. The number of fused-ring (bicyclic) bond motifs is 1. The Morgan fingerprint density at radius 1 is 1.40 bits per heavy atom. The van der Waals surface area contributed by atoms with Crippen molar-refractivity contribution in [3.05, 3.63) is 0 Å². The van der Waals surface area contributed by atoms with Crippen molar-refractivity contribution in [2.24, 2.45) is 0 Å². The molecular formula is C8H12N2. The summed E-state index contributed by atoms with van der Waals surface area (Å²) in [5, 5.41) is 12.2. The Hall–Kier alpha value is -0.550. The fraction of sp³-hybridized carbons (Fsp3) is 0.875. The topological polar surface area (TPSA) is 45.7 Å². The van der Waals surface area contributed by atoms with Gasteiger partial charge in [-0.3, -0.25) is 5.32 Å². The van der Waals surface area contributed by atoms with Crippen LogP contribution in [0.4, 0.5) is 0 Å². The van der Waals surface area contributed by atoms with Crippen molar-refractivity contribution < 1.29 is 0 Å². The van der Waals surface area contributed by atoms with Gasteiger partial charge in [0.25, 0.3) is 0 Å². The summed E-state index contributed by atoms with van der Waals surface area (Å²) in [5.74, 6) is 0. The van der Waals surface area contributed by atoms with Crippen LogP contribution in [0.3, 0.4) is 0 Å². The smallest absolute Gasteiger partial charge is 0.125 e. The summed E-state index contributed by atoms with van der Waals surface area (Å²) in [4.78, 5) is 0. The molecule has 2 aliphatic rings. The maximum absolute atomic E-state index is 8.84. The molecule has 1 N–H and O–H groups in total. The summed E-state index contributed by atoms with van der Waals surface area (Å²) in [6, 6.07) is 2.38. The van der Waals surface area contributed by atoms with E-state index in [4.69, 9.17) is 5.26 Å². The van der Waals surface area contributed by atoms with Gasteiger partial charge in [-0.15, -0.1) is 0 Å². The lowest BCUT2D eigenvalue weighted by molar-refractivity contribution is 0.439. The van der Waals surface area contributed by atoms with Crippen LogP contribution in [0.1, 0.15) is 32.6 Å². The molecule has 0 spiro atoms. The summed E-state index contributed by atoms with van der Waals surface area (Å²) in [6.45, 7) is 2.16. The number of hydrogen-bond donors (Lipinski definition) is 1. The van der Waals surface area contributed by atoms with E-state index in [0.717, 1.165) is 6.42 Å². The Morgan fingerprint density at radius 2 is 2.10 bits per heavy atom. The summed E-state index contributed by atoms with van der Waals surface area (Å²) in [7, 11) is 0. The molecule has 0 radical (unpaired) electrons. The monoisotopic (exact) mass is 136 g/mol. The highest BCUT2D eigenvalue weighted by molar-refractivity contribution is 5.35. The van der Waals surface area contributed by atoms with Crippen LogP contribution in [0.5, 0.6) is 0 Å². The van der Waals surface area contributed by atoms with Crippen molar-refractivity contribution in [1.82, 2.24) is 5.32 Å². The predicted octanol–water partition coefficient (Wildman–Crippen LogP) is 1.18. The molecule has 1 saturated heterocycles. The molecule has 10 heavy (non-hydrogen) atoms. The molecule has 1 aliphatic carbocycles. The van der Waals surface area contributed by atoms with Crippen molar-refractivity contribution in [1.29, 1.82) is 5.26 Å². The van der Waals surface area contributed by atoms with Crippen molar-refractivity contribution in [3.8, 4) is 6.07 Å². The molecule has 0 aromatic carbocycles. The average Bonchev–Trinajstić information content (AvgIpc) is 2.56. The third-order valence-corrected chi connectivity index (χ3v) is 3.04. The van der Waals surface area contributed by atoms with Gasteiger partial charge in [-0.1, -0.05) is 12.8 Å². The summed E-state index contributed by atoms with van der Waals surface area (Å²) in [6.07, 6.45) is 4.74. The molecule has 1 saturated carbocycles. The Balaban J connectivity index is 2.22. The van der Waals surface area contributed by atoms with Gasteiger partial charge < -0.3 is 0 Å². The zero-order chi connectivity index (χ0) is 7.24. The lowest BCUT2D eigenvalue weighted by Gasteiger charge is -2.18. The Bertz CT molecular complexity index is 202. The minimum absolute atomic E-state index is 0.120. The SMILES string of the molecule is CC12CCCCC1(C#N)N2. The highest BCUT2D eigenvalue weighted by Crippen LogP contribution is 2.48. The van der Waals surface area contributed by atoms with Crippen LogP contribution in [-0.2, 0) is 0 Å². The van der Waals surface area contributed by atoms with Crippen LogP contribution in [0.15, 0.2) is 0 Å². The van der Waals surface area contributed by atoms with Gasteiger partial charge >= 0.3 is 0 Å². The molecular weight excluding hydrogens is 124 g/mol. The number of nitrogens with one attached hydrogen (secondary N) is 1. The zero-order valence-electron chi connectivity index (χ0n) is 6.28. The Kier molecular flexibility index (Phi) is 0.952. The van der Waals surface area contributed by atoms with E-state index in [2.05, 4.69) is 18.3 Å². The van der Waals surface area contributed by atoms with Gasteiger partial charge in [0.2, 0.25) is 0 Å². The fourth-order valence-corrected chi connectivity index (χ4v) is 2.13. The van der Waals surface area contributed by atoms with Crippen LogP contribution in [-0.4, -0.2) is 11.1 Å².